The Morgan fingerprint density at radius 1 is 1.25 bits per heavy atom. The Labute approximate surface area is 117 Å². The molecule has 1 N–H and O–H groups in total. The van der Waals surface area contributed by atoms with E-state index in [1.54, 1.807) is 0 Å². The zero-order valence-corrected chi connectivity index (χ0v) is 12.3. The summed E-state index contributed by atoms with van der Waals surface area (Å²) in [5.41, 5.74) is 0.317. The van der Waals surface area contributed by atoms with Gasteiger partial charge in [0.1, 0.15) is 0 Å². The average Bonchev–Trinajstić information content (AvgIpc) is 2.36. The number of amides is 1. The first-order chi connectivity index (χ1) is 9.12. The van der Waals surface area contributed by atoms with Gasteiger partial charge in [-0.25, -0.2) is 8.42 Å². The third-order valence-electron chi connectivity index (χ3n) is 2.85. The maximum atomic E-state index is 12.0. The summed E-state index contributed by atoms with van der Waals surface area (Å²) in [6, 6.07) is 5.55. The Kier molecular flexibility index (Phi) is 4.88. The molecule has 110 valence electrons. The maximum Gasteiger partial charge on any atom is 0.308 e. The van der Waals surface area contributed by atoms with Crippen LogP contribution >= 0.6 is 0 Å². The second-order valence-electron chi connectivity index (χ2n) is 4.72. The summed E-state index contributed by atoms with van der Waals surface area (Å²) in [6.07, 6.45) is 1.09. The number of hydrogen-bond acceptors (Lipinski definition) is 4. The Bertz CT molecular complexity index is 606. The van der Waals surface area contributed by atoms with Gasteiger partial charge in [-0.05, 0) is 24.3 Å². The second kappa shape index (κ2) is 6.04. The van der Waals surface area contributed by atoms with Crippen molar-refractivity contribution in [1.29, 1.82) is 0 Å². The van der Waals surface area contributed by atoms with E-state index in [-0.39, 0.29) is 17.3 Å². The highest BCUT2D eigenvalue weighted by Gasteiger charge is 2.19. The molecule has 1 rings (SSSR count). The summed E-state index contributed by atoms with van der Waals surface area (Å²) in [6.45, 7) is 1.60. The molecule has 0 aromatic heterocycles. The van der Waals surface area contributed by atoms with Crippen LogP contribution in [0.15, 0.2) is 29.2 Å². The largest absolute Gasteiger partial charge is 0.481 e. The fourth-order valence-electron chi connectivity index (χ4n) is 1.64. The molecule has 7 heteroatoms. The second-order valence-corrected chi connectivity index (χ2v) is 6.74. The van der Waals surface area contributed by atoms with Crippen molar-refractivity contribution >= 4 is 21.7 Å². The molecule has 0 saturated carbocycles. The molecule has 0 aliphatic carbocycles. The number of carbonyl (C=O) groups is 2. The van der Waals surface area contributed by atoms with Gasteiger partial charge in [-0.2, -0.15) is 0 Å². The van der Waals surface area contributed by atoms with Gasteiger partial charge >= 0.3 is 5.97 Å². The van der Waals surface area contributed by atoms with Crippen molar-refractivity contribution in [3.05, 3.63) is 29.8 Å². The van der Waals surface area contributed by atoms with Crippen LogP contribution < -0.4 is 0 Å². The lowest BCUT2D eigenvalue weighted by Crippen LogP contribution is -2.33. The minimum Gasteiger partial charge on any atom is -0.481 e. The monoisotopic (exact) mass is 299 g/mol. The van der Waals surface area contributed by atoms with Gasteiger partial charge in [0.15, 0.2) is 9.84 Å². The molecule has 1 amide bonds. The Morgan fingerprint density at radius 2 is 1.75 bits per heavy atom. The Morgan fingerprint density at radius 3 is 2.15 bits per heavy atom. The number of carboxylic acid groups (broad SMARTS) is 1. The smallest absolute Gasteiger partial charge is 0.308 e. The summed E-state index contributed by atoms with van der Waals surface area (Å²) < 4.78 is 22.6. The fraction of sp³-hybridized carbons (Fsp3) is 0.385. The molecule has 0 spiro atoms. The topological polar surface area (TPSA) is 91.8 Å². The third kappa shape index (κ3) is 4.06. The number of carbonyl (C=O) groups excluding carboxylic acids is 1. The number of sulfone groups is 1. The molecular weight excluding hydrogens is 282 g/mol. The minimum atomic E-state index is -3.30. The molecular formula is C13H17NO5S. The quantitative estimate of drug-likeness (QED) is 0.871. The van der Waals surface area contributed by atoms with E-state index in [1.165, 1.54) is 43.1 Å². The van der Waals surface area contributed by atoms with Gasteiger partial charge in [0.25, 0.3) is 5.91 Å². The lowest BCUT2D eigenvalue weighted by Gasteiger charge is -2.19. The van der Waals surface area contributed by atoms with Crippen molar-refractivity contribution in [3.8, 4) is 0 Å². The Hall–Kier alpha value is -1.89. The van der Waals surface area contributed by atoms with Crippen LogP contribution in [0.5, 0.6) is 0 Å². The molecule has 0 aliphatic heterocycles. The van der Waals surface area contributed by atoms with E-state index < -0.39 is 21.7 Å². The summed E-state index contributed by atoms with van der Waals surface area (Å²) in [4.78, 5) is 24.2. The predicted molar refractivity (Wildman–Crippen MR) is 73.3 cm³/mol. The van der Waals surface area contributed by atoms with Crippen LogP contribution in [0.3, 0.4) is 0 Å². The zero-order chi connectivity index (χ0) is 15.5. The number of benzene rings is 1. The van der Waals surface area contributed by atoms with E-state index in [1.807, 2.05) is 0 Å². The predicted octanol–water partition coefficient (Wildman–Crippen LogP) is 0.883. The van der Waals surface area contributed by atoms with Crippen LogP contribution in [0.4, 0.5) is 0 Å². The lowest BCUT2D eigenvalue weighted by atomic mass is 10.1. The number of aliphatic carboxylic acids is 1. The molecule has 1 aromatic carbocycles. The number of rotatable bonds is 5. The van der Waals surface area contributed by atoms with E-state index in [4.69, 9.17) is 5.11 Å². The zero-order valence-electron chi connectivity index (χ0n) is 11.5. The first-order valence-corrected chi connectivity index (χ1v) is 7.80. The van der Waals surface area contributed by atoms with Crippen molar-refractivity contribution in [2.75, 3.05) is 19.8 Å². The molecule has 0 bridgehead atoms. The molecule has 0 fully saturated rings. The van der Waals surface area contributed by atoms with Gasteiger partial charge in [0, 0.05) is 25.4 Å². The van der Waals surface area contributed by atoms with Crippen LogP contribution in [0.2, 0.25) is 0 Å². The van der Waals surface area contributed by atoms with E-state index in [9.17, 15) is 18.0 Å². The molecule has 1 unspecified atom stereocenters. The third-order valence-corrected chi connectivity index (χ3v) is 3.97. The number of hydrogen-bond donors (Lipinski definition) is 1. The lowest BCUT2D eigenvalue weighted by molar-refractivity contribution is -0.141. The highest BCUT2D eigenvalue weighted by molar-refractivity contribution is 7.90. The van der Waals surface area contributed by atoms with Crippen molar-refractivity contribution in [2.45, 2.75) is 11.8 Å². The summed E-state index contributed by atoms with van der Waals surface area (Å²) in [7, 11) is -1.79. The normalized spacial score (nSPS) is 12.8. The molecule has 0 saturated heterocycles. The van der Waals surface area contributed by atoms with Gasteiger partial charge in [-0.3, -0.25) is 9.59 Å². The highest BCUT2D eigenvalue weighted by Crippen LogP contribution is 2.12. The first-order valence-electron chi connectivity index (χ1n) is 5.91. The van der Waals surface area contributed by atoms with Crippen LogP contribution in [0, 0.1) is 5.92 Å². The van der Waals surface area contributed by atoms with E-state index in [0.29, 0.717) is 5.56 Å². The maximum absolute atomic E-state index is 12.0. The molecule has 1 atom stereocenters. The minimum absolute atomic E-state index is 0.0853. The standard InChI is InChI=1S/C13H17NO5S/c1-9(13(16)17)8-14(2)12(15)10-4-6-11(7-5-10)20(3,18)19/h4-7,9H,8H2,1-3H3,(H,16,17). The van der Waals surface area contributed by atoms with Gasteiger partial charge in [-0.1, -0.05) is 6.92 Å². The van der Waals surface area contributed by atoms with E-state index >= 15 is 0 Å². The van der Waals surface area contributed by atoms with E-state index in [2.05, 4.69) is 0 Å². The van der Waals surface area contributed by atoms with Crippen molar-refractivity contribution in [3.63, 3.8) is 0 Å². The summed E-state index contributed by atoms with van der Waals surface area (Å²) in [5.74, 6) is -1.99. The molecule has 20 heavy (non-hydrogen) atoms. The fourth-order valence-corrected chi connectivity index (χ4v) is 2.27. The summed E-state index contributed by atoms with van der Waals surface area (Å²) in [5, 5.41) is 8.80. The Balaban J connectivity index is 2.85. The first kappa shape index (κ1) is 16.2. The molecule has 0 heterocycles. The van der Waals surface area contributed by atoms with Gasteiger partial charge in [-0.15, -0.1) is 0 Å². The SMILES string of the molecule is CC(CN(C)C(=O)c1ccc(S(C)(=O)=O)cc1)C(=O)O. The van der Waals surface area contributed by atoms with Gasteiger partial charge in [0.2, 0.25) is 0 Å². The van der Waals surface area contributed by atoms with Crippen molar-refractivity contribution < 1.29 is 23.1 Å². The molecule has 0 radical (unpaired) electrons. The van der Waals surface area contributed by atoms with Crippen molar-refractivity contribution in [1.82, 2.24) is 4.90 Å². The van der Waals surface area contributed by atoms with Crippen LogP contribution in [0.1, 0.15) is 17.3 Å². The van der Waals surface area contributed by atoms with Crippen LogP contribution in [0.25, 0.3) is 0 Å². The molecule has 1 aromatic rings. The van der Waals surface area contributed by atoms with Crippen LogP contribution in [-0.2, 0) is 14.6 Å². The number of carboxylic acids is 1. The van der Waals surface area contributed by atoms with Gasteiger partial charge in [0.05, 0.1) is 10.8 Å². The highest BCUT2D eigenvalue weighted by atomic mass is 32.2. The molecule has 6 nitrogen and oxygen atoms in total. The van der Waals surface area contributed by atoms with Crippen LogP contribution in [-0.4, -0.2) is 50.1 Å². The average molecular weight is 299 g/mol. The number of nitrogens with zero attached hydrogens (tertiary/aromatic N) is 1. The molecule has 0 aliphatic rings. The summed E-state index contributed by atoms with van der Waals surface area (Å²) >= 11 is 0. The van der Waals surface area contributed by atoms with Crippen molar-refractivity contribution in [2.24, 2.45) is 5.92 Å². The van der Waals surface area contributed by atoms with Gasteiger partial charge < -0.3 is 10.0 Å². The van der Waals surface area contributed by atoms with E-state index in [0.717, 1.165) is 6.26 Å².